The van der Waals surface area contributed by atoms with Crippen molar-refractivity contribution in [2.45, 2.75) is 19.3 Å². The minimum atomic E-state index is -0.197. The van der Waals surface area contributed by atoms with Gasteiger partial charge in [0, 0.05) is 38.6 Å². The van der Waals surface area contributed by atoms with Gasteiger partial charge >= 0.3 is 0 Å². The van der Waals surface area contributed by atoms with Crippen molar-refractivity contribution in [2.24, 2.45) is 0 Å². The molecule has 51 heavy (non-hydrogen) atoms. The molecule has 242 valence electrons. The Morgan fingerprint density at radius 2 is 0.941 bits per heavy atom. The Kier molecular flexibility index (Phi) is 6.56. The molecule has 1 aliphatic carbocycles. The van der Waals surface area contributed by atoms with Gasteiger partial charge in [0.2, 0.25) is 0 Å². The van der Waals surface area contributed by atoms with E-state index in [0.717, 1.165) is 11.4 Å². The number of para-hydroxylation sites is 3. The molecule has 0 N–H and O–H groups in total. The Morgan fingerprint density at radius 1 is 0.412 bits per heavy atom. The Hall–Kier alpha value is -6.38. The fourth-order valence-electron chi connectivity index (χ4n) is 8.54. The number of benzene rings is 8. The van der Waals surface area contributed by atoms with Crippen LogP contribution in [0.3, 0.4) is 0 Å². The second-order valence-electron chi connectivity index (χ2n) is 14.2. The molecule has 0 atom stereocenters. The van der Waals surface area contributed by atoms with Crippen molar-refractivity contribution in [3.63, 3.8) is 0 Å². The third-order valence-electron chi connectivity index (χ3n) is 11.0. The number of fused-ring (bicyclic) bond motifs is 7. The molecule has 9 aromatic rings. The Labute approximate surface area is 298 Å². The lowest BCUT2D eigenvalue weighted by Gasteiger charge is -2.29. The SMILES string of the molecule is CC1(C)c2cc(N(c3ccccc3)c3ccc(-c4ccccc4)c4ccccc34)ccc2-c2ccc(-n3c4ccccc4c4ccccc43)cc21. The Balaban J connectivity index is 1.13. The van der Waals surface area contributed by atoms with Gasteiger partial charge < -0.3 is 9.47 Å². The molecule has 0 aliphatic heterocycles. The first-order valence-electron chi connectivity index (χ1n) is 17.8. The number of nitrogens with zero attached hydrogens (tertiary/aromatic N) is 2. The molecule has 0 fully saturated rings. The number of aromatic nitrogens is 1. The number of hydrogen-bond donors (Lipinski definition) is 0. The van der Waals surface area contributed by atoms with Crippen LogP contribution in [0.15, 0.2) is 182 Å². The van der Waals surface area contributed by atoms with Crippen LogP contribution in [-0.2, 0) is 5.41 Å². The highest BCUT2D eigenvalue weighted by Gasteiger charge is 2.36. The van der Waals surface area contributed by atoms with Crippen LogP contribution in [0.25, 0.3) is 60.5 Å². The molecule has 0 amide bonds. The lowest BCUT2D eigenvalue weighted by molar-refractivity contribution is 0.660. The van der Waals surface area contributed by atoms with E-state index >= 15 is 0 Å². The highest BCUT2D eigenvalue weighted by Crippen LogP contribution is 2.52. The fraction of sp³-hybridized carbons (Fsp3) is 0.0612. The van der Waals surface area contributed by atoms with Crippen LogP contribution in [0.2, 0.25) is 0 Å². The lowest BCUT2D eigenvalue weighted by atomic mass is 9.82. The lowest BCUT2D eigenvalue weighted by Crippen LogP contribution is -2.17. The van der Waals surface area contributed by atoms with Gasteiger partial charge in [-0.25, -0.2) is 0 Å². The van der Waals surface area contributed by atoms with Gasteiger partial charge in [0.05, 0.1) is 16.7 Å². The van der Waals surface area contributed by atoms with Crippen molar-refractivity contribution in [2.75, 3.05) is 4.90 Å². The van der Waals surface area contributed by atoms with E-state index in [1.54, 1.807) is 0 Å². The van der Waals surface area contributed by atoms with Gasteiger partial charge in [-0.2, -0.15) is 0 Å². The molecule has 10 rings (SSSR count). The third-order valence-corrected chi connectivity index (χ3v) is 11.0. The zero-order valence-electron chi connectivity index (χ0n) is 28.7. The maximum absolute atomic E-state index is 2.43. The molecule has 0 saturated heterocycles. The summed E-state index contributed by atoms with van der Waals surface area (Å²) in [5.41, 5.74) is 14.7. The largest absolute Gasteiger partial charge is 0.310 e. The van der Waals surface area contributed by atoms with Crippen LogP contribution in [0.1, 0.15) is 25.0 Å². The van der Waals surface area contributed by atoms with Gasteiger partial charge in [-0.15, -0.1) is 0 Å². The van der Waals surface area contributed by atoms with E-state index in [1.165, 1.54) is 77.3 Å². The highest BCUT2D eigenvalue weighted by molar-refractivity contribution is 6.09. The molecule has 2 heteroatoms. The summed E-state index contributed by atoms with van der Waals surface area (Å²) < 4.78 is 2.43. The Morgan fingerprint density at radius 3 is 1.63 bits per heavy atom. The van der Waals surface area contributed by atoms with E-state index in [9.17, 15) is 0 Å². The Bertz CT molecular complexity index is 2720. The van der Waals surface area contributed by atoms with Gasteiger partial charge in [-0.1, -0.05) is 141 Å². The van der Waals surface area contributed by atoms with E-state index in [2.05, 4.69) is 205 Å². The molecular formula is C49H36N2. The molecule has 1 heterocycles. The summed E-state index contributed by atoms with van der Waals surface area (Å²) in [7, 11) is 0. The zero-order chi connectivity index (χ0) is 34.1. The van der Waals surface area contributed by atoms with Gasteiger partial charge in [0.15, 0.2) is 0 Å². The molecule has 1 aliphatic rings. The first-order chi connectivity index (χ1) is 25.1. The second-order valence-corrected chi connectivity index (χ2v) is 14.2. The minimum Gasteiger partial charge on any atom is -0.310 e. The van der Waals surface area contributed by atoms with Crippen LogP contribution in [0.4, 0.5) is 17.1 Å². The van der Waals surface area contributed by atoms with Crippen molar-refractivity contribution in [3.8, 4) is 27.9 Å². The summed E-state index contributed by atoms with van der Waals surface area (Å²) in [6.45, 7) is 4.77. The van der Waals surface area contributed by atoms with Crippen LogP contribution >= 0.6 is 0 Å². The summed E-state index contributed by atoms with van der Waals surface area (Å²) in [5.74, 6) is 0. The van der Waals surface area contributed by atoms with Crippen LogP contribution < -0.4 is 4.90 Å². The van der Waals surface area contributed by atoms with Gasteiger partial charge in [-0.05, 0) is 93.4 Å². The van der Waals surface area contributed by atoms with E-state index in [0.29, 0.717) is 0 Å². The van der Waals surface area contributed by atoms with E-state index < -0.39 is 0 Å². The summed E-state index contributed by atoms with van der Waals surface area (Å²) in [6.07, 6.45) is 0. The fourth-order valence-corrected chi connectivity index (χ4v) is 8.54. The summed E-state index contributed by atoms with van der Waals surface area (Å²) in [5, 5.41) is 5.03. The number of rotatable bonds is 5. The van der Waals surface area contributed by atoms with Gasteiger partial charge in [-0.3, -0.25) is 0 Å². The van der Waals surface area contributed by atoms with Crippen molar-refractivity contribution in [1.82, 2.24) is 4.57 Å². The van der Waals surface area contributed by atoms with Gasteiger partial charge in [0.1, 0.15) is 0 Å². The zero-order valence-corrected chi connectivity index (χ0v) is 28.7. The normalized spacial score (nSPS) is 13.1. The topological polar surface area (TPSA) is 8.17 Å². The second kappa shape index (κ2) is 11.3. The van der Waals surface area contributed by atoms with Crippen LogP contribution in [0, 0.1) is 0 Å². The average Bonchev–Trinajstić information content (AvgIpc) is 3.64. The van der Waals surface area contributed by atoms with Crippen LogP contribution in [0.5, 0.6) is 0 Å². The number of anilines is 3. The first-order valence-corrected chi connectivity index (χ1v) is 17.8. The minimum absolute atomic E-state index is 0.197. The quantitative estimate of drug-likeness (QED) is 0.180. The standard InChI is InChI=1S/C49H36N2/c1-49(2)44-31-35(50(34-17-7-4-8-18-34)48-30-29-37(33-15-5-3-6-16-33)38-19-9-10-20-41(38)48)25-27-39(44)40-28-26-36(32-45(40)49)51-46-23-13-11-21-42(46)43-22-12-14-24-47(43)51/h3-32H,1-2H3. The highest BCUT2D eigenvalue weighted by atomic mass is 15.1. The molecule has 8 aromatic carbocycles. The molecule has 0 radical (unpaired) electrons. The van der Waals surface area contributed by atoms with Crippen molar-refractivity contribution < 1.29 is 0 Å². The third kappa shape index (κ3) is 4.50. The molecule has 0 bridgehead atoms. The van der Waals surface area contributed by atoms with Crippen molar-refractivity contribution >= 4 is 49.6 Å². The molecule has 0 saturated carbocycles. The van der Waals surface area contributed by atoms with Crippen LogP contribution in [-0.4, -0.2) is 4.57 Å². The average molecular weight is 653 g/mol. The maximum Gasteiger partial charge on any atom is 0.0541 e. The smallest absolute Gasteiger partial charge is 0.0541 e. The van der Waals surface area contributed by atoms with E-state index in [4.69, 9.17) is 0 Å². The predicted molar refractivity (Wildman–Crippen MR) is 216 cm³/mol. The summed E-state index contributed by atoms with van der Waals surface area (Å²) in [4.78, 5) is 2.43. The molecule has 0 spiro atoms. The maximum atomic E-state index is 2.43. The predicted octanol–water partition coefficient (Wildman–Crippen LogP) is 13.4. The van der Waals surface area contributed by atoms with E-state index in [1.807, 2.05) is 0 Å². The van der Waals surface area contributed by atoms with Gasteiger partial charge in [0.25, 0.3) is 0 Å². The molecular weight excluding hydrogens is 617 g/mol. The summed E-state index contributed by atoms with van der Waals surface area (Å²) >= 11 is 0. The van der Waals surface area contributed by atoms with Crippen molar-refractivity contribution in [3.05, 3.63) is 193 Å². The van der Waals surface area contributed by atoms with E-state index in [-0.39, 0.29) is 5.41 Å². The molecule has 1 aromatic heterocycles. The summed E-state index contributed by atoms with van der Waals surface area (Å²) in [6, 6.07) is 66.5. The molecule has 2 nitrogen and oxygen atoms in total. The number of hydrogen-bond acceptors (Lipinski definition) is 1. The molecule has 0 unspecified atom stereocenters. The van der Waals surface area contributed by atoms with Crippen molar-refractivity contribution in [1.29, 1.82) is 0 Å². The first kappa shape index (κ1) is 29.5. The monoisotopic (exact) mass is 652 g/mol.